The Morgan fingerprint density at radius 3 is 2.32 bits per heavy atom. The maximum Gasteiger partial charge on any atom is 0.490 e. The SMILES string of the molecule is C#Cc1cn([C@@H]2O[C@H](COP(=O)(O)OP(=O)(O)OP(=O)(O)O)[C@H](O)[C@@H]2O)c(=O)nc1N. The van der Waals surface area contributed by atoms with Gasteiger partial charge in [-0.2, -0.15) is 13.6 Å². The van der Waals surface area contributed by atoms with Crippen LogP contribution in [0.1, 0.15) is 11.8 Å². The van der Waals surface area contributed by atoms with E-state index in [1.807, 2.05) is 0 Å². The molecule has 174 valence electrons. The number of hydrogen-bond acceptors (Lipinski definition) is 12. The third-order valence-electron chi connectivity index (χ3n) is 3.57. The van der Waals surface area contributed by atoms with Crippen molar-refractivity contribution in [2.24, 2.45) is 0 Å². The highest BCUT2D eigenvalue weighted by molar-refractivity contribution is 7.66. The molecule has 0 bridgehead atoms. The van der Waals surface area contributed by atoms with Crippen LogP contribution in [-0.4, -0.2) is 64.3 Å². The second-order valence-corrected chi connectivity index (χ2v) is 10.2. The van der Waals surface area contributed by atoms with Gasteiger partial charge in [0.2, 0.25) is 0 Å². The molecule has 1 aromatic rings. The number of ether oxygens (including phenoxy) is 1. The Labute approximate surface area is 172 Å². The van der Waals surface area contributed by atoms with Gasteiger partial charge in [-0.15, -0.1) is 6.42 Å². The zero-order chi connectivity index (χ0) is 23.8. The van der Waals surface area contributed by atoms with Crippen LogP contribution < -0.4 is 11.4 Å². The number of nitrogen functional groups attached to an aromatic ring is 1. The van der Waals surface area contributed by atoms with Crippen molar-refractivity contribution < 1.29 is 61.4 Å². The van der Waals surface area contributed by atoms with E-state index >= 15 is 0 Å². The van der Waals surface area contributed by atoms with Crippen molar-refractivity contribution in [2.75, 3.05) is 12.3 Å². The number of phosphoric acid groups is 3. The normalized spacial score (nSPS) is 27.9. The fourth-order valence-electron chi connectivity index (χ4n) is 2.34. The second-order valence-electron chi connectivity index (χ2n) is 5.81. The number of terminal acetylenes is 1. The Bertz CT molecular complexity index is 1080. The van der Waals surface area contributed by atoms with Gasteiger partial charge in [0.05, 0.1) is 12.2 Å². The van der Waals surface area contributed by atoms with Gasteiger partial charge in [-0.1, -0.05) is 5.92 Å². The van der Waals surface area contributed by atoms with Crippen LogP contribution in [0.2, 0.25) is 0 Å². The molecule has 0 saturated carbocycles. The van der Waals surface area contributed by atoms with E-state index in [0.717, 1.165) is 6.20 Å². The molecule has 20 heteroatoms. The fraction of sp³-hybridized carbons (Fsp3) is 0.455. The number of aromatic nitrogens is 2. The molecule has 1 aliphatic rings. The maximum absolute atomic E-state index is 12.0. The van der Waals surface area contributed by atoms with Gasteiger partial charge in [-0.25, -0.2) is 18.5 Å². The van der Waals surface area contributed by atoms with Gasteiger partial charge in [-0.3, -0.25) is 9.09 Å². The molecule has 2 rings (SSSR count). The highest BCUT2D eigenvalue weighted by Gasteiger charge is 2.46. The van der Waals surface area contributed by atoms with Gasteiger partial charge in [0.25, 0.3) is 0 Å². The summed E-state index contributed by atoms with van der Waals surface area (Å²) in [5.41, 5.74) is 4.41. The van der Waals surface area contributed by atoms with Crippen LogP contribution in [0.15, 0.2) is 11.0 Å². The number of nitrogens with zero attached hydrogens (tertiary/aromatic N) is 2. The number of anilines is 1. The number of aliphatic hydroxyl groups excluding tert-OH is 2. The predicted molar refractivity (Wildman–Crippen MR) is 96.6 cm³/mol. The molecular formula is C11H16N3O14P3. The first-order chi connectivity index (χ1) is 14.1. The molecule has 0 aromatic carbocycles. The zero-order valence-electron chi connectivity index (χ0n) is 14.9. The van der Waals surface area contributed by atoms with Crippen molar-refractivity contribution in [1.29, 1.82) is 0 Å². The average molecular weight is 507 g/mol. The Balaban J connectivity index is 2.12. The van der Waals surface area contributed by atoms with Gasteiger partial charge in [0.15, 0.2) is 6.23 Å². The number of aliphatic hydroxyl groups is 2. The quantitative estimate of drug-likeness (QED) is 0.145. The van der Waals surface area contributed by atoms with E-state index in [-0.39, 0.29) is 11.4 Å². The van der Waals surface area contributed by atoms with E-state index in [4.69, 9.17) is 31.6 Å². The molecule has 1 aliphatic heterocycles. The molecule has 0 spiro atoms. The van der Waals surface area contributed by atoms with E-state index < -0.39 is 60.3 Å². The second kappa shape index (κ2) is 9.18. The van der Waals surface area contributed by atoms with E-state index in [1.54, 1.807) is 0 Å². The van der Waals surface area contributed by atoms with Crippen LogP contribution in [0.4, 0.5) is 5.82 Å². The Kier molecular flexibility index (Phi) is 7.64. The summed E-state index contributed by atoms with van der Waals surface area (Å²) < 4.78 is 50.9. The van der Waals surface area contributed by atoms with Gasteiger partial charge in [-0.05, 0) is 0 Å². The molecule has 0 radical (unpaired) electrons. The highest BCUT2D eigenvalue weighted by atomic mass is 31.3. The van der Waals surface area contributed by atoms with E-state index in [9.17, 15) is 33.6 Å². The Hall–Kier alpha value is -1.47. The molecule has 6 atom stereocenters. The largest absolute Gasteiger partial charge is 0.490 e. The molecule has 0 aliphatic carbocycles. The molecule has 1 fully saturated rings. The third-order valence-corrected chi connectivity index (χ3v) is 7.37. The first-order valence-corrected chi connectivity index (χ1v) is 12.2. The maximum atomic E-state index is 12.0. The van der Waals surface area contributed by atoms with Crippen molar-refractivity contribution in [2.45, 2.75) is 24.5 Å². The number of rotatable bonds is 8. The van der Waals surface area contributed by atoms with Crippen molar-refractivity contribution in [3.8, 4) is 12.3 Å². The van der Waals surface area contributed by atoms with Gasteiger partial charge in [0.1, 0.15) is 24.1 Å². The van der Waals surface area contributed by atoms with Crippen LogP contribution in [-0.2, 0) is 31.6 Å². The summed E-state index contributed by atoms with van der Waals surface area (Å²) in [5, 5.41) is 20.2. The van der Waals surface area contributed by atoms with Gasteiger partial charge >= 0.3 is 29.2 Å². The van der Waals surface area contributed by atoms with E-state index in [0.29, 0.717) is 4.57 Å². The average Bonchev–Trinajstić information content (AvgIpc) is 2.85. The molecule has 2 heterocycles. The van der Waals surface area contributed by atoms with Crippen LogP contribution in [0.5, 0.6) is 0 Å². The fourth-order valence-corrected chi connectivity index (χ4v) is 5.37. The van der Waals surface area contributed by atoms with Crippen molar-refractivity contribution in [3.05, 3.63) is 22.2 Å². The summed E-state index contributed by atoms with van der Waals surface area (Å²) in [6.07, 6.45) is -0.559. The van der Waals surface area contributed by atoms with Crippen LogP contribution in [0.3, 0.4) is 0 Å². The zero-order valence-corrected chi connectivity index (χ0v) is 17.6. The summed E-state index contributed by atoms with van der Waals surface area (Å²) in [6, 6.07) is 0. The minimum absolute atomic E-state index is 0.0402. The minimum atomic E-state index is -5.74. The smallest absolute Gasteiger partial charge is 0.387 e. The molecule has 17 nitrogen and oxygen atoms in total. The first kappa shape index (κ1) is 25.8. The molecule has 2 unspecified atom stereocenters. The van der Waals surface area contributed by atoms with Crippen molar-refractivity contribution in [3.63, 3.8) is 0 Å². The summed E-state index contributed by atoms with van der Waals surface area (Å²) in [4.78, 5) is 50.9. The van der Waals surface area contributed by atoms with Crippen LogP contribution >= 0.6 is 23.5 Å². The lowest BCUT2D eigenvalue weighted by Gasteiger charge is -2.19. The predicted octanol–water partition coefficient (Wildman–Crippen LogP) is -2.23. The Morgan fingerprint density at radius 1 is 1.16 bits per heavy atom. The van der Waals surface area contributed by atoms with Crippen LogP contribution in [0.25, 0.3) is 0 Å². The highest BCUT2D eigenvalue weighted by Crippen LogP contribution is 2.66. The summed E-state index contributed by atoms with van der Waals surface area (Å²) in [7, 11) is -16.8. The topological polar surface area (TPSA) is 270 Å². The van der Waals surface area contributed by atoms with Gasteiger partial charge < -0.3 is 40.3 Å². The van der Waals surface area contributed by atoms with E-state index in [1.165, 1.54) is 0 Å². The number of nitrogens with two attached hydrogens (primary N) is 1. The molecule has 1 saturated heterocycles. The lowest BCUT2D eigenvalue weighted by atomic mass is 10.1. The van der Waals surface area contributed by atoms with E-state index in [2.05, 4.69) is 24.0 Å². The third kappa shape index (κ3) is 6.75. The summed E-state index contributed by atoms with van der Waals surface area (Å²) in [6.45, 7) is -1.06. The van der Waals surface area contributed by atoms with Gasteiger partial charge in [0, 0.05) is 6.20 Å². The lowest BCUT2D eigenvalue weighted by Crippen LogP contribution is -2.36. The molecule has 31 heavy (non-hydrogen) atoms. The minimum Gasteiger partial charge on any atom is -0.387 e. The number of phosphoric ester groups is 1. The monoisotopic (exact) mass is 507 g/mol. The molecular weight excluding hydrogens is 491 g/mol. The summed E-state index contributed by atoms with van der Waals surface area (Å²) in [5.74, 6) is 1.85. The van der Waals surface area contributed by atoms with Crippen LogP contribution in [0, 0.1) is 12.3 Å². The number of hydrogen-bond donors (Lipinski definition) is 7. The molecule has 0 amide bonds. The standard InChI is InChI=1S/C11H16N3O14P3/c1-2-5-3-14(11(17)13-9(5)12)10-8(16)7(15)6(26-10)4-25-30(21,22)28-31(23,24)27-29(18,19)20/h1,3,6-8,10,15-16H,4H2,(H,21,22)(H,23,24)(H2,12,13,17)(H2,18,19,20)/t6-,7+,8+,10-/m1/s1. The summed E-state index contributed by atoms with van der Waals surface area (Å²) >= 11 is 0. The van der Waals surface area contributed by atoms with Crippen molar-refractivity contribution in [1.82, 2.24) is 9.55 Å². The molecule has 8 N–H and O–H groups in total. The first-order valence-electron chi connectivity index (χ1n) is 7.70. The van der Waals surface area contributed by atoms with Crippen molar-refractivity contribution >= 4 is 29.3 Å². The Morgan fingerprint density at radius 2 is 1.77 bits per heavy atom. The lowest BCUT2D eigenvalue weighted by molar-refractivity contribution is -0.0541. The molecule has 1 aromatic heterocycles.